The van der Waals surface area contributed by atoms with Gasteiger partial charge in [-0.05, 0) is 43.7 Å². The fourth-order valence-electron chi connectivity index (χ4n) is 2.10. The molecule has 2 N–H and O–H groups in total. The maximum absolute atomic E-state index is 12.7. The van der Waals surface area contributed by atoms with Gasteiger partial charge in [-0.1, -0.05) is 23.8 Å². The minimum Gasteiger partial charge on any atom is -0.366 e. The number of hydrogen-bond acceptors (Lipinski definition) is 3. The molecule has 5 nitrogen and oxygen atoms in total. The van der Waals surface area contributed by atoms with E-state index in [1.165, 1.54) is 17.4 Å². The van der Waals surface area contributed by atoms with Crippen molar-refractivity contribution in [1.29, 1.82) is 0 Å². The molecule has 0 aliphatic carbocycles. The Hall–Kier alpha value is -2.34. The van der Waals surface area contributed by atoms with Crippen molar-refractivity contribution in [1.82, 2.24) is 0 Å². The first-order valence-electron chi connectivity index (χ1n) is 6.69. The van der Waals surface area contributed by atoms with E-state index >= 15 is 0 Å². The molecule has 0 heterocycles. The highest BCUT2D eigenvalue weighted by molar-refractivity contribution is 7.92. The van der Waals surface area contributed by atoms with Crippen molar-refractivity contribution in [3.05, 3.63) is 59.2 Å². The van der Waals surface area contributed by atoms with Crippen molar-refractivity contribution < 1.29 is 13.2 Å². The number of nitrogens with zero attached hydrogens (tertiary/aromatic N) is 1. The lowest BCUT2D eigenvalue weighted by atomic mass is 10.1. The van der Waals surface area contributed by atoms with Gasteiger partial charge in [-0.15, -0.1) is 0 Å². The molecule has 0 bridgehead atoms. The van der Waals surface area contributed by atoms with Crippen molar-refractivity contribution >= 4 is 21.6 Å². The highest BCUT2D eigenvalue weighted by Gasteiger charge is 2.23. The number of amides is 1. The van der Waals surface area contributed by atoms with Gasteiger partial charge in [0.05, 0.1) is 10.6 Å². The Morgan fingerprint density at radius 3 is 2.18 bits per heavy atom. The molecule has 2 rings (SSSR count). The number of sulfonamides is 1. The molecule has 116 valence electrons. The molecule has 0 fully saturated rings. The Kier molecular flexibility index (Phi) is 4.23. The molecule has 22 heavy (non-hydrogen) atoms. The Bertz CT molecular complexity index is 812. The summed E-state index contributed by atoms with van der Waals surface area (Å²) in [5.74, 6) is -0.595. The van der Waals surface area contributed by atoms with Crippen LogP contribution in [-0.2, 0) is 10.0 Å². The maximum Gasteiger partial charge on any atom is 0.264 e. The SMILES string of the molecule is Cc1ccc(S(=O)(=O)N(C)c2cc(C(N)=O)ccc2C)cc1. The van der Waals surface area contributed by atoms with Crippen molar-refractivity contribution in [2.75, 3.05) is 11.4 Å². The van der Waals surface area contributed by atoms with Gasteiger partial charge in [0.2, 0.25) is 5.91 Å². The van der Waals surface area contributed by atoms with Gasteiger partial charge in [0.1, 0.15) is 0 Å². The van der Waals surface area contributed by atoms with Gasteiger partial charge in [-0.25, -0.2) is 8.42 Å². The van der Waals surface area contributed by atoms with E-state index in [2.05, 4.69) is 0 Å². The number of aryl methyl sites for hydroxylation is 2. The van der Waals surface area contributed by atoms with Crippen LogP contribution < -0.4 is 10.0 Å². The van der Waals surface area contributed by atoms with E-state index in [-0.39, 0.29) is 10.5 Å². The predicted octanol–water partition coefficient (Wildman–Crippen LogP) is 2.23. The molecular weight excluding hydrogens is 300 g/mol. The van der Waals surface area contributed by atoms with E-state index in [1.54, 1.807) is 43.3 Å². The van der Waals surface area contributed by atoms with Crippen LogP contribution in [0.4, 0.5) is 5.69 Å². The monoisotopic (exact) mass is 318 g/mol. The lowest BCUT2D eigenvalue weighted by Gasteiger charge is -2.22. The van der Waals surface area contributed by atoms with Gasteiger partial charge in [-0.3, -0.25) is 9.10 Å². The number of carbonyl (C=O) groups excluding carboxylic acids is 1. The first kappa shape index (κ1) is 16.0. The summed E-state index contributed by atoms with van der Waals surface area (Å²) in [6.45, 7) is 3.67. The lowest BCUT2D eigenvalue weighted by molar-refractivity contribution is 0.100. The van der Waals surface area contributed by atoms with Gasteiger partial charge in [-0.2, -0.15) is 0 Å². The topological polar surface area (TPSA) is 80.5 Å². The molecule has 0 atom stereocenters. The lowest BCUT2D eigenvalue weighted by Crippen LogP contribution is -2.27. The van der Waals surface area contributed by atoms with Gasteiger partial charge in [0.15, 0.2) is 0 Å². The molecule has 0 aliphatic rings. The van der Waals surface area contributed by atoms with Crippen LogP contribution in [0.3, 0.4) is 0 Å². The van der Waals surface area contributed by atoms with Crippen LogP contribution in [0.1, 0.15) is 21.5 Å². The third-order valence-electron chi connectivity index (χ3n) is 3.51. The number of hydrogen-bond donors (Lipinski definition) is 1. The maximum atomic E-state index is 12.7. The first-order valence-corrected chi connectivity index (χ1v) is 8.13. The highest BCUT2D eigenvalue weighted by atomic mass is 32.2. The number of carbonyl (C=O) groups is 1. The molecular formula is C16H18N2O3S. The first-order chi connectivity index (χ1) is 10.2. The van der Waals surface area contributed by atoms with Crippen molar-refractivity contribution in [3.63, 3.8) is 0 Å². The van der Waals surface area contributed by atoms with E-state index in [4.69, 9.17) is 5.73 Å². The number of benzene rings is 2. The molecule has 6 heteroatoms. The smallest absolute Gasteiger partial charge is 0.264 e. The minimum atomic E-state index is -3.69. The average molecular weight is 318 g/mol. The van der Waals surface area contributed by atoms with Crippen molar-refractivity contribution in [2.45, 2.75) is 18.7 Å². The second-order valence-corrected chi connectivity index (χ2v) is 7.12. The minimum absolute atomic E-state index is 0.199. The van der Waals surface area contributed by atoms with Crippen molar-refractivity contribution in [2.24, 2.45) is 5.73 Å². The predicted molar refractivity (Wildman–Crippen MR) is 86.5 cm³/mol. The summed E-state index contributed by atoms with van der Waals surface area (Å²) < 4.78 is 26.5. The van der Waals surface area contributed by atoms with Crippen LogP contribution in [0.15, 0.2) is 47.4 Å². The van der Waals surface area contributed by atoms with Gasteiger partial charge in [0.25, 0.3) is 10.0 Å². The van der Waals surface area contributed by atoms with Gasteiger partial charge < -0.3 is 5.73 Å². The Morgan fingerprint density at radius 1 is 1.05 bits per heavy atom. The van der Waals surface area contributed by atoms with Crippen LogP contribution in [-0.4, -0.2) is 21.4 Å². The fourth-order valence-corrected chi connectivity index (χ4v) is 3.35. The van der Waals surface area contributed by atoms with E-state index in [1.807, 2.05) is 6.92 Å². The second kappa shape index (κ2) is 5.81. The molecule has 0 aliphatic heterocycles. The van der Waals surface area contributed by atoms with Gasteiger partial charge in [0, 0.05) is 12.6 Å². The third-order valence-corrected chi connectivity index (χ3v) is 5.30. The zero-order valence-corrected chi connectivity index (χ0v) is 13.5. The average Bonchev–Trinajstić information content (AvgIpc) is 2.47. The van der Waals surface area contributed by atoms with E-state index in [9.17, 15) is 13.2 Å². The second-order valence-electron chi connectivity index (χ2n) is 5.15. The summed E-state index contributed by atoms with van der Waals surface area (Å²) in [5, 5.41) is 0. The molecule has 0 radical (unpaired) electrons. The summed E-state index contributed by atoms with van der Waals surface area (Å²) in [5.41, 5.74) is 7.68. The summed E-state index contributed by atoms with van der Waals surface area (Å²) in [4.78, 5) is 11.5. The highest BCUT2D eigenvalue weighted by Crippen LogP contribution is 2.26. The standard InChI is InChI=1S/C16H18N2O3S/c1-11-4-8-14(9-5-11)22(20,21)18(3)15-10-13(16(17)19)7-6-12(15)2/h4-10H,1-3H3,(H2,17,19). The van der Waals surface area contributed by atoms with Crippen LogP contribution >= 0.6 is 0 Å². The molecule has 0 aromatic heterocycles. The zero-order chi connectivity index (χ0) is 16.5. The van der Waals surface area contributed by atoms with Crippen LogP contribution in [0.5, 0.6) is 0 Å². The van der Waals surface area contributed by atoms with E-state index in [0.29, 0.717) is 5.69 Å². The van der Waals surface area contributed by atoms with Crippen molar-refractivity contribution in [3.8, 4) is 0 Å². The number of rotatable bonds is 4. The van der Waals surface area contributed by atoms with Crippen LogP contribution in [0.25, 0.3) is 0 Å². The molecule has 0 unspecified atom stereocenters. The summed E-state index contributed by atoms with van der Waals surface area (Å²) >= 11 is 0. The zero-order valence-electron chi connectivity index (χ0n) is 12.7. The Morgan fingerprint density at radius 2 is 1.64 bits per heavy atom. The molecule has 2 aromatic rings. The summed E-state index contributed by atoms with van der Waals surface area (Å²) in [6.07, 6.45) is 0. The largest absolute Gasteiger partial charge is 0.366 e. The van der Waals surface area contributed by atoms with Crippen LogP contribution in [0.2, 0.25) is 0 Å². The van der Waals surface area contributed by atoms with Crippen LogP contribution in [0, 0.1) is 13.8 Å². The Balaban J connectivity index is 2.50. The Labute approximate surface area is 130 Å². The molecule has 0 saturated heterocycles. The summed E-state index contributed by atoms with van der Waals surface area (Å²) in [6, 6.07) is 11.4. The number of anilines is 1. The molecule has 2 aromatic carbocycles. The number of primary amides is 1. The fraction of sp³-hybridized carbons (Fsp3) is 0.188. The normalized spacial score (nSPS) is 11.2. The summed E-state index contributed by atoms with van der Waals surface area (Å²) in [7, 11) is -2.23. The molecule has 0 saturated carbocycles. The molecule has 1 amide bonds. The quantitative estimate of drug-likeness (QED) is 0.938. The molecule has 0 spiro atoms. The third kappa shape index (κ3) is 2.96. The number of nitrogens with two attached hydrogens (primary N) is 1. The van der Waals surface area contributed by atoms with E-state index in [0.717, 1.165) is 11.1 Å². The van der Waals surface area contributed by atoms with E-state index < -0.39 is 15.9 Å². The van der Waals surface area contributed by atoms with Gasteiger partial charge >= 0.3 is 0 Å².